The molecule has 1 unspecified atom stereocenters. The minimum atomic E-state index is 0.781. The van der Waals surface area contributed by atoms with Gasteiger partial charge in [-0.15, -0.1) is 0 Å². The van der Waals surface area contributed by atoms with Crippen LogP contribution in [0.25, 0.3) is 0 Å². The topological polar surface area (TPSA) is 12.0 Å². The van der Waals surface area contributed by atoms with Gasteiger partial charge in [0.2, 0.25) is 0 Å². The Hall–Kier alpha value is -0.0400. The first-order valence-electron chi connectivity index (χ1n) is 5.54. The summed E-state index contributed by atoms with van der Waals surface area (Å²) in [5.74, 6) is 0.808. The monoisotopic (exact) mass is 169 g/mol. The Kier molecular flexibility index (Phi) is 4.67. The zero-order valence-corrected chi connectivity index (χ0v) is 8.60. The smallest absolute Gasteiger partial charge is 0.00900 e. The van der Waals surface area contributed by atoms with Crippen molar-refractivity contribution in [1.82, 2.24) is 5.32 Å². The Balaban J connectivity index is 2.28. The van der Waals surface area contributed by atoms with Crippen LogP contribution in [-0.2, 0) is 0 Å². The summed E-state index contributed by atoms with van der Waals surface area (Å²) in [6, 6.07) is 0.781. The van der Waals surface area contributed by atoms with E-state index in [9.17, 15) is 0 Å². The van der Waals surface area contributed by atoms with Gasteiger partial charge in [-0.25, -0.2) is 0 Å². The second-order valence-electron chi connectivity index (χ2n) is 4.36. The third-order valence-corrected chi connectivity index (χ3v) is 2.90. The molecule has 0 amide bonds. The first-order valence-corrected chi connectivity index (χ1v) is 5.54. The van der Waals surface area contributed by atoms with Crippen molar-refractivity contribution in [2.75, 3.05) is 6.54 Å². The lowest BCUT2D eigenvalue weighted by molar-refractivity contribution is 0.374. The third-order valence-electron chi connectivity index (χ3n) is 2.90. The van der Waals surface area contributed by atoms with Gasteiger partial charge in [-0.3, -0.25) is 0 Å². The summed E-state index contributed by atoms with van der Waals surface area (Å²) < 4.78 is 0. The molecule has 1 saturated heterocycles. The van der Waals surface area contributed by atoms with E-state index < -0.39 is 0 Å². The lowest BCUT2D eigenvalue weighted by atomic mass is 9.98. The second kappa shape index (κ2) is 5.58. The van der Waals surface area contributed by atoms with Crippen LogP contribution in [0.3, 0.4) is 0 Å². The van der Waals surface area contributed by atoms with Crippen LogP contribution in [-0.4, -0.2) is 12.6 Å². The second-order valence-corrected chi connectivity index (χ2v) is 4.36. The van der Waals surface area contributed by atoms with E-state index in [1.807, 2.05) is 0 Å². The predicted octanol–water partition coefficient (Wildman–Crippen LogP) is 2.95. The standard InChI is InChI=1S/C11H23N/c1-10(2)11-8-6-4-3-5-7-9-12-11/h10-12H,3-9H2,1-2H3. The highest BCUT2D eigenvalue weighted by atomic mass is 14.9. The average Bonchev–Trinajstić information content (AvgIpc) is 2.15. The molecule has 0 saturated carbocycles. The zero-order chi connectivity index (χ0) is 8.81. The molecule has 12 heavy (non-hydrogen) atoms. The van der Waals surface area contributed by atoms with Gasteiger partial charge in [0.05, 0.1) is 0 Å². The Morgan fingerprint density at radius 3 is 2.42 bits per heavy atom. The van der Waals surface area contributed by atoms with Gasteiger partial charge in [0.1, 0.15) is 0 Å². The number of rotatable bonds is 1. The first kappa shape index (κ1) is 10.0. The number of hydrogen-bond donors (Lipinski definition) is 1. The SMILES string of the molecule is CC(C)C1CCCCCCCN1. The van der Waals surface area contributed by atoms with Crippen molar-refractivity contribution in [2.45, 2.75) is 58.4 Å². The van der Waals surface area contributed by atoms with Crippen LogP contribution in [0, 0.1) is 5.92 Å². The minimum absolute atomic E-state index is 0.781. The molecule has 1 nitrogen and oxygen atoms in total. The maximum atomic E-state index is 3.66. The van der Waals surface area contributed by atoms with E-state index in [2.05, 4.69) is 19.2 Å². The fourth-order valence-corrected chi connectivity index (χ4v) is 1.98. The number of hydrogen-bond acceptors (Lipinski definition) is 1. The molecular weight excluding hydrogens is 146 g/mol. The molecule has 0 spiro atoms. The van der Waals surface area contributed by atoms with Gasteiger partial charge in [0.15, 0.2) is 0 Å². The van der Waals surface area contributed by atoms with Crippen molar-refractivity contribution in [3.8, 4) is 0 Å². The van der Waals surface area contributed by atoms with Crippen molar-refractivity contribution in [1.29, 1.82) is 0 Å². The van der Waals surface area contributed by atoms with E-state index in [-0.39, 0.29) is 0 Å². The van der Waals surface area contributed by atoms with Gasteiger partial charge in [-0.1, -0.05) is 39.5 Å². The summed E-state index contributed by atoms with van der Waals surface area (Å²) in [5.41, 5.74) is 0. The molecule has 0 bridgehead atoms. The van der Waals surface area contributed by atoms with Gasteiger partial charge in [0.25, 0.3) is 0 Å². The summed E-state index contributed by atoms with van der Waals surface area (Å²) in [7, 11) is 0. The molecule has 0 aliphatic carbocycles. The van der Waals surface area contributed by atoms with Crippen molar-refractivity contribution >= 4 is 0 Å². The molecular formula is C11H23N. The van der Waals surface area contributed by atoms with E-state index in [0.29, 0.717) is 0 Å². The highest BCUT2D eigenvalue weighted by Gasteiger charge is 2.12. The number of nitrogens with one attached hydrogen (secondary N) is 1. The Labute approximate surface area is 76.9 Å². The first-order chi connectivity index (χ1) is 5.80. The van der Waals surface area contributed by atoms with Crippen LogP contribution in [0.1, 0.15) is 52.4 Å². The summed E-state index contributed by atoms with van der Waals surface area (Å²) in [4.78, 5) is 0. The van der Waals surface area contributed by atoms with Crippen LogP contribution in [0.2, 0.25) is 0 Å². The van der Waals surface area contributed by atoms with E-state index in [1.54, 1.807) is 0 Å². The molecule has 0 aromatic rings. The third kappa shape index (κ3) is 3.57. The Morgan fingerprint density at radius 2 is 1.67 bits per heavy atom. The van der Waals surface area contributed by atoms with Gasteiger partial charge in [-0.05, 0) is 25.3 Å². The Morgan fingerprint density at radius 1 is 1.00 bits per heavy atom. The summed E-state index contributed by atoms with van der Waals surface area (Å²) in [5, 5.41) is 3.66. The molecule has 72 valence electrons. The predicted molar refractivity (Wildman–Crippen MR) is 54.3 cm³/mol. The molecule has 1 fully saturated rings. The summed E-state index contributed by atoms with van der Waals surface area (Å²) in [6.45, 7) is 5.90. The van der Waals surface area contributed by atoms with Crippen LogP contribution in [0.15, 0.2) is 0 Å². The normalized spacial score (nSPS) is 27.8. The zero-order valence-electron chi connectivity index (χ0n) is 8.60. The maximum absolute atomic E-state index is 3.66. The van der Waals surface area contributed by atoms with Gasteiger partial charge in [0, 0.05) is 6.04 Å². The molecule has 1 heterocycles. The minimum Gasteiger partial charge on any atom is -0.314 e. The van der Waals surface area contributed by atoms with E-state index >= 15 is 0 Å². The van der Waals surface area contributed by atoms with E-state index in [0.717, 1.165) is 12.0 Å². The molecule has 0 aromatic heterocycles. The van der Waals surface area contributed by atoms with Crippen LogP contribution in [0.4, 0.5) is 0 Å². The quantitative estimate of drug-likeness (QED) is 0.636. The van der Waals surface area contributed by atoms with Crippen molar-refractivity contribution in [3.63, 3.8) is 0 Å². The van der Waals surface area contributed by atoms with E-state index in [1.165, 1.54) is 45.1 Å². The van der Waals surface area contributed by atoms with Gasteiger partial charge < -0.3 is 5.32 Å². The molecule has 1 aliphatic heterocycles. The fraction of sp³-hybridized carbons (Fsp3) is 1.00. The summed E-state index contributed by atoms with van der Waals surface area (Å²) >= 11 is 0. The van der Waals surface area contributed by atoms with Crippen LogP contribution < -0.4 is 5.32 Å². The molecule has 0 aromatic carbocycles. The fourth-order valence-electron chi connectivity index (χ4n) is 1.98. The molecule has 0 radical (unpaired) electrons. The average molecular weight is 169 g/mol. The summed E-state index contributed by atoms with van der Waals surface area (Å²) in [6.07, 6.45) is 8.52. The lowest BCUT2D eigenvalue weighted by Gasteiger charge is -2.21. The van der Waals surface area contributed by atoms with Crippen LogP contribution >= 0.6 is 0 Å². The molecule has 1 atom stereocenters. The highest BCUT2D eigenvalue weighted by Crippen LogP contribution is 2.14. The Bertz CT molecular complexity index is 99.6. The van der Waals surface area contributed by atoms with Gasteiger partial charge in [-0.2, -0.15) is 0 Å². The van der Waals surface area contributed by atoms with Crippen molar-refractivity contribution in [3.05, 3.63) is 0 Å². The lowest BCUT2D eigenvalue weighted by Crippen LogP contribution is -2.34. The molecule has 1 N–H and O–H groups in total. The molecule has 1 rings (SSSR count). The molecule has 1 heteroatoms. The highest BCUT2D eigenvalue weighted by molar-refractivity contribution is 4.71. The van der Waals surface area contributed by atoms with Crippen molar-refractivity contribution < 1.29 is 0 Å². The van der Waals surface area contributed by atoms with Crippen molar-refractivity contribution in [2.24, 2.45) is 5.92 Å². The largest absolute Gasteiger partial charge is 0.314 e. The molecule has 1 aliphatic rings. The van der Waals surface area contributed by atoms with Gasteiger partial charge >= 0.3 is 0 Å². The van der Waals surface area contributed by atoms with E-state index in [4.69, 9.17) is 0 Å². The van der Waals surface area contributed by atoms with Crippen LogP contribution in [0.5, 0.6) is 0 Å². The maximum Gasteiger partial charge on any atom is 0.00900 e.